The normalized spacial score (nSPS) is 12.7. The van der Waals surface area contributed by atoms with Gasteiger partial charge in [-0.2, -0.15) is 5.10 Å². The van der Waals surface area contributed by atoms with Crippen molar-refractivity contribution in [2.75, 3.05) is 44.0 Å². The van der Waals surface area contributed by atoms with Crippen LogP contribution in [-0.2, 0) is 17.3 Å². The first-order chi connectivity index (χ1) is 9.45. The molecule has 0 saturated carbocycles. The lowest BCUT2D eigenvalue weighted by atomic mass is 10.4. The number of anilines is 1. The van der Waals surface area contributed by atoms with E-state index in [1.54, 1.807) is 6.20 Å². The fourth-order valence-corrected chi connectivity index (χ4v) is 2.55. The summed E-state index contributed by atoms with van der Waals surface area (Å²) in [6.45, 7) is 3.74. The molecule has 0 radical (unpaired) electrons. The lowest BCUT2D eigenvalue weighted by Crippen LogP contribution is -2.29. The van der Waals surface area contributed by atoms with E-state index < -0.39 is 10.8 Å². The summed E-state index contributed by atoms with van der Waals surface area (Å²) in [5.74, 6) is 1.21. The smallest absolute Gasteiger partial charge is 0.283 e. The van der Waals surface area contributed by atoms with Gasteiger partial charge >= 0.3 is 0 Å². The molecule has 0 spiro atoms. The predicted octanol–water partition coefficient (Wildman–Crippen LogP) is 0.748. The van der Waals surface area contributed by atoms with Gasteiger partial charge in [0.2, 0.25) is 0 Å². The molecule has 1 N–H and O–H groups in total. The van der Waals surface area contributed by atoms with Crippen LogP contribution in [0.15, 0.2) is 15.5 Å². The van der Waals surface area contributed by atoms with Gasteiger partial charge in [0.1, 0.15) is 4.47 Å². The second-order valence-electron chi connectivity index (χ2n) is 4.56. The van der Waals surface area contributed by atoms with Gasteiger partial charge in [0.25, 0.3) is 5.56 Å². The van der Waals surface area contributed by atoms with Crippen molar-refractivity contribution in [3.63, 3.8) is 0 Å². The summed E-state index contributed by atoms with van der Waals surface area (Å²) in [5, 5.41) is 7.22. The Morgan fingerprint density at radius 1 is 1.50 bits per heavy atom. The van der Waals surface area contributed by atoms with E-state index in [1.165, 1.54) is 4.68 Å². The summed E-state index contributed by atoms with van der Waals surface area (Å²) >= 11 is 3.30. The Labute approximate surface area is 130 Å². The van der Waals surface area contributed by atoms with E-state index in [-0.39, 0.29) is 5.56 Å². The minimum absolute atomic E-state index is 0.159. The minimum atomic E-state index is -0.812. The standard InChI is InChI=1S/C12H21BrN4O2S/c1-4-20(19)8-5-14-10-9-15-17(7-6-16(2)3)12(18)11(10)13/h9,14H,4-8H2,1-3H3. The van der Waals surface area contributed by atoms with Crippen molar-refractivity contribution in [2.45, 2.75) is 13.5 Å². The highest BCUT2D eigenvalue weighted by atomic mass is 79.9. The summed E-state index contributed by atoms with van der Waals surface area (Å²) in [4.78, 5) is 14.1. The Morgan fingerprint density at radius 2 is 2.20 bits per heavy atom. The molecule has 1 aromatic rings. The zero-order valence-corrected chi connectivity index (χ0v) is 14.5. The average Bonchev–Trinajstić information content (AvgIpc) is 2.42. The zero-order valence-electron chi connectivity index (χ0n) is 12.1. The lowest BCUT2D eigenvalue weighted by molar-refractivity contribution is 0.367. The maximum atomic E-state index is 12.1. The second-order valence-corrected chi connectivity index (χ2v) is 7.22. The highest BCUT2D eigenvalue weighted by Crippen LogP contribution is 2.15. The molecule has 6 nitrogen and oxygen atoms in total. The third-order valence-electron chi connectivity index (χ3n) is 2.71. The molecule has 114 valence electrons. The van der Waals surface area contributed by atoms with Gasteiger partial charge < -0.3 is 10.2 Å². The molecule has 1 rings (SSSR count). The zero-order chi connectivity index (χ0) is 15.1. The van der Waals surface area contributed by atoms with Crippen molar-refractivity contribution >= 4 is 32.4 Å². The monoisotopic (exact) mass is 364 g/mol. The molecule has 0 amide bonds. The van der Waals surface area contributed by atoms with Crippen LogP contribution in [0.2, 0.25) is 0 Å². The number of nitrogens with one attached hydrogen (secondary N) is 1. The van der Waals surface area contributed by atoms with E-state index in [0.717, 1.165) is 6.54 Å². The summed E-state index contributed by atoms with van der Waals surface area (Å²) in [7, 11) is 3.08. The van der Waals surface area contributed by atoms with Gasteiger partial charge in [-0.15, -0.1) is 0 Å². The molecule has 0 aliphatic carbocycles. The fourth-order valence-electron chi connectivity index (χ4n) is 1.49. The number of nitrogens with zero attached hydrogens (tertiary/aromatic N) is 3. The van der Waals surface area contributed by atoms with Gasteiger partial charge in [0, 0.05) is 35.4 Å². The molecule has 1 aromatic heterocycles. The van der Waals surface area contributed by atoms with E-state index in [4.69, 9.17) is 0 Å². The van der Waals surface area contributed by atoms with E-state index in [1.807, 2.05) is 25.9 Å². The lowest BCUT2D eigenvalue weighted by Gasteiger charge is -2.12. The van der Waals surface area contributed by atoms with Crippen LogP contribution >= 0.6 is 15.9 Å². The van der Waals surface area contributed by atoms with Crippen LogP contribution < -0.4 is 10.9 Å². The van der Waals surface area contributed by atoms with Crippen molar-refractivity contribution in [1.29, 1.82) is 0 Å². The molecule has 0 aliphatic heterocycles. The highest BCUT2D eigenvalue weighted by Gasteiger charge is 2.09. The first kappa shape index (κ1) is 17.3. The number of likely N-dealkylation sites (N-methyl/N-ethyl adjacent to an activating group) is 1. The molecule has 0 saturated heterocycles. The van der Waals surface area contributed by atoms with Gasteiger partial charge in [-0.05, 0) is 30.0 Å². The van der Waals surface area contributed by atoms with E-state index >= 15 is 0 Å². The van der Waals surface area contributed by atoms with Crippen LogP contribution in [0.1, 0.15) is 6.92 Å². The molecule has 0 aliphatic rings. The van der Waals surface area contributed by atoms with Crippen LogP contribution in [0.25, 0.3) is 0 Å². The van der Waals surface area contributed by atoms with Crippen LogP contribution in [0.5, 0.6) is 0 Å². The van der Waals surface area contributed by atoms with Gasteiger partial charge in [-0.3, -0.25) is 9.00 Å². The van der Waals surface area contributed by atoms with Crippen molar-refractivity contribution in [3.8, 4) is 0 Å². The van der Waals surface area contributed by atoms with E-state index in [0.29, 0.717) is 34.8 Å². The van der Waals surface area contributed by atoms with Crippen LogP contribution in [-0.4, -0.2) is 57.6 Å². The first-order valence-corrected chi connectivity index (χ1v) is 8.73. The number of aromatic nitrogens is 2. The Hall–Kier alpha value is -0.730. The summed E-state index contributed by atoms with van der Waals surface area (Å²) in [5.41, 5.74) is 0.484. The van der Waals surface area contributed by atoms with Crippen LogP contribution in [0.3, 0.4) is 0 Å². The van der Waals surface area contributed by atoms with Gasteiger partial charge in [0.15, 0.2) is 0 Å². The fraction of sp³-hybridized carbons (Fsp3) is 0.667. The summed E-state index contributed by atoms with van der Waals surface area (Å²) in [6.07, 6.45) is 1.62. The molecule has 0 bridgehead atoms. The Kier molecular flexibility index (Phi) is 7.39. The van der Waals surface area contributed by atoms with Gasteiger partial charge in [-0.1, -0.05) is 6.92 Å². The maximum Gasteiger partial charge on any atom is 0.283 e. The quantitative estimate of drug-likeness (QED) is 0.737. The summed E-state index contributed by atoms with van der Waals surface area (Å²) < 4.78 is 13.2. The molecular formula is C12H21BrN4O2S. The van der Waals surface area contributed by atoms with Crippen LogP contribution in [0, 0.1) is 0 Å². The van der Waals surface area contributed by atoms with Crippen LogP contribution in [0.4, 0.5) is 5.69 Å². The van der Waals surface area contributed by atoms with Gasteiger partial charge in [0.05, 0.1) is 18.4 Å². The number of rotatable bonds is 8. The second kappa shape index (κ2) is 8.53. The van der Waals surface area contributed by atoms with E-state index in [9.17, 15) is 9.00 Å². The molecule has 20 heavy (non-hydrogen) atoms. The Morgan fingerprint density at radius 3 is 2.80 bits per heavy atom. The van der Waals surface area contributed by atoms with Crippen molar-refractivity contribution in [3.05, 3.63) is 21.0 Å². The topological polar surface area (TPSA) is 67.2 Å². The molecule has 8 heteroatoms. The van der Waals surface area contributed by atoms with Crippen molar-refractivity contribution < 1.29 is 4.21 Å². The summed E-state index contributed by atoms with van der Waals surface area (Å²) in [6, 6.07) is 0. The molecule has 1 unspecified atom stereocenters. The first-order valence-electron chi connectivity index (χ1n) is 6.45. The van der Waals surface area contributed by atoms with E-state index in [2.05, 4.69) is 26.3 Å². The highest BCUT2D eigenvalue weighted by molar-refractivity contribution is 9.10. The average molecular weight is 365 g/mol. The Bertz CT molecular complexity index is 519. The molecule has 1 heterocycles. The molecular weight excluding hydrogens is 344 g/mol. The van der Waals surface area contributed by atoms with Crippen molar-refractivity contribution in [1.82, 2.24) is 14.7 Å². The maximum absolute atomic E-state index is 12.1. The number of hydrogen-bond acceptors (Lipinski definition) is 5. The van der Waals surface area contributed by atoms with Gasteiger partial charge in [-0.25, -0.2) is 4.68 Å². The molecule has 0 aromatic carbocycles. The third-order valence-corrected chi connectivity index (χ3v) is 4.78. The van der Waals surface area contributed by atoms with Crippen molar-refractivity contribution in [2.24, 2.45) is 0 Å². The number of halogens is 1. The number of hydrogen-bond donors (Lipinski definition) is 1. The Balaban J connectivity index is 2.69. The third kappa shape index (κ3) is 5.34. The largest absolute Gasteiger partial charge is 0.382 e. The molecule has 1 atom stereocenters. The predicted molar refractivity (Wildman–Crippen MR) is 86.8 cm³/mol. The molecule has 0 fully saturated rings. The SMILES string of the molecule is CCS(=O)CCNc1cnn(CCN(C)C)c(=O)c1Br. The minimum Gasteiger partial charge on any atom is -0.382 e.